The Morgan fingerprint density at radius 1 is 1.10 bits per heavy atom. The van der Waals surface area contributed by atoms with Gasteiger partial charge in [-0.1, -0.05) is 12.1 Å². The van der Waals surface area contributed by atoms with Crippen LogP contribution in [0, 0.1) is 29.1 Å². The van der Waals surface area contributed by atoms with Crippen molar-refractivity contribution in [3.8, 4) is 11.8 Å². The van der Waals surface area contributed by atoms with E-state index in [1.165, 1.54) is 50.5 Å². The smallest absolute Gasteiger partial charge is 0.138 e. The van der Waals surface area contributed by atoms with E-state index in [-0.39, 0.29) is 5.41 Å². The van der Waals surface area contributed by atoms with Crippen LogP contribution < -0.4 is 0 Å². The average molecular weight is 414 g/mol. The Labute approximate surface area is 180 Å². The third kappa shape index (κ3) is 3.00. The van der Waals surface area contributed by atoms with Gasteiger partial charge in [0.05, 0.1) is 17.0 Å². The number of aromatic nitrogens is 4. The van der Waals surface area contributed by atoms with Crippen LogP contribution in [0.15, 0.2) is 42.3 Å². The Morgan fingerprint density at radius 2 is 1.80 bits per heavy atom. The van der Waals surface area contributed by atoms with Crippen LogP contribution in [0.5, 0.6) is 0 Å². The second-order valence-corrected chi connectivity index (χ2v) is 10.2. The molecule has 0 unspecified atom stereocenters. The minimum atomic E-state index is 0.281. The summed E-state index contributed by atoms with van der Waals surface area (Å²) in [5, 5.41) is 17.1. The fourth-order valence-electron chi connectivity index (χ4n) is 6.44. The lowest BCUT2D eigenvalue weighted by atomic mass is 9.49. The van der Waals surface area contributed by atoms with E-state index >= 15 is 0 Å². The Hall–Kier alpha value is -2.78. The molecule has 5 nitrogen and oxygen atoms in total. The normalized spacial score (nSPS) is 29.8. The number of thiazole rings is 1. The molecular weight excluding hydrogens is 390 g/mol. The molecule has 150 valence electrons. The molecule has 7 rings (SSSR count). The van der Waals surface area contributed by atoms with Crippen molar-refractivity contribution in [3.63, 3.8) is 0 Å². The van der Waals surface area contributed by atoms with E-state index < -0.39 is 0 Å². The first-order valence-electron chi connectivity index (χ1n) is 10.7. The molecule has 0 spiro atoms. The molecule has 4 aliphatic carbocycles. The number of nitriles is 1. The molecule has 3 aromatic rings. The summed E-state index contributed by atoms with van der Waals surface area (Å²) in [4.78, 5) is 9.01. The van der Waals surface area contributed by atoms with Crippen LogP contribution >= 0.6 is 11.3 Å². The summed E-state index contributed by atoms with van der Waals surface area (Å²) < 4.78 is 1.72. The molecule has 0 radical (unpaired) electrons. The second kappa shape index (κ2) is 6.88. The lowest BCUT2D eigenvalue weighted by Gasteiger charge is -2.56. The highest BCUT2D eigenvalue weighted by atomic mass is 32.1. The van der Waals surface area contributed by atoms with Gasteiger partial charge in [0.25, 0.3) is 0 Å². The van der Waals surface area contributed by atoms with Gasteiger partial charge in [-0.2, -0.15) is 10.4 Å². The fourth-order valence-corrected chi connectivity index (χ4v) is 7.35. The Balaban J connectivity index is 1.28. The zero-order valence-corrected chi connectivity index (χ0v) is 17.6. The number of rotatable bonds is 4. The molecule has 1 aromatic carbocycles. The molecule has 2 heterocycles. The molecule has 30 heavy (non-hydrogen) atoms. The van der Waals surface area contributed by atoms with E-state index in [1.54, 1.807) is 22.3 Å². The van der Waals surface area contributed by atoms with Crippen LogP contribution in [-0.2, 0) is 5.41 Å². The Kier molecular flexibility index (Phi) is 4.14. The second-order valence-electron chi connectivity index (χ2n) is 9.34. The van der Waals surface area contributed by atoms with E-state index in [4.69, 9.17) is 4.98 Å². The summed E-state index contributed by atoms with van der Waals surface area (Å²) in [5.74, 6) is 2.70. The number of nitrogens with zero attached hydrogens (tertiary/aromatic N) is 5. The standard InChI is InChI=1S/C24H23N5S/c25-12-20(8-16-1-3-21(4-2-16)29-15-26-14-27-29)23-28-22(13-30-23)24-9-17-5-18(10-24)7-19(6-17)11-24/h1-4,8,13-15,17-19H,5-7,9-11H2. The highest BCUT2D eigenvalue weighted by molar-refractivity contribution is 7.11. The van der Waals surface area contributed by atoms with Gasteiger partial charge in [-0.15, -0.1) is 11.3 Å². The molecule has 2 aromatic heterocycles. The van der Waals surface area contributed by atoms with Crippen molar-refractivity contribution in [2.75, 3.05) is 0 Å². The first kappa shape index (κ1) is 18.0. The van der Waals surface area contributed by atoms with Crippen molar-refractivity contribution in [2.24, 2.45) is 17.8 Å². The summed E-state index contributed by atoms with van der Waals surface area (Å²) in [5.41, 5.74) is 4.11. The van der Waals surface area contributed by atoms with E-state index in [0.717, 1.165) is 34.0 Å². The summed E-state index contributed by atoms with van der Waals surface area (Å²) in [6.07, 6.45) is 13.3. The molecule has 0 atom stereocenters. The molecule has 4 fully saturated rings. The first-order chi connectivity index (χ1) is 14.7. The summed E-state index contributed by atoms with van der Waals surface area (Å²) in [7, 11) is 0. The Morgan fingerprint density at radius 3 is 2.40 bits per heavy atom. The minimum Gasteiger partial charge on any atom is -0.240 e. The third-order valence-corrected chi connectivity index (χ3v) is 8.20. The van der Waals surface area contributed by atoms with Gasteiger partial charge in [0.1, 0.15) is 23.7 Å². The largest absolute Gasteiger partial charge is 0.240 e. The van der Waals surface area contributed by atoms with Gasteiger partial charge in [-0.05, 0) is 80.1 Å². The van der Waals surface area contributed by atoms with Gasteiger partial charge in [0, 0.05) is 10.8 Å². The van der Waals surface area contributed by atoms with Gasteiger partial charge in [-0.25, -0.2) is 14.6 Å². The summed E-state index contributed by atoms with van der Waals surface area (Å²) in [6.45, 7) is 0. The zero-order chi connectivity index (χ0) is 20.1. The Bertz CT molecular complexity index is 1100. The van der Waals surface area contributed by atoms with Crippen LogP contribution in [0.25, 0.3) is 17.3 Å². The molecule has 0 saturated heterocycles. The number of allylic oxidation sites excluding steroid dienone is 1. The summed E-state index contributed by atoms with van der Waals surface area (Å²) in [6, 6.07) is 10.4. The van der Waals surface area contributed by atoms with E-state index in [9.17, 15) is 5.26 Å². The topological polar surface area (TPSA) is 67.4 Å². The van der Waals surface area contributed by atoms with Gasteiger partial charge < -0.3 is 0 Å². The predicted molar refractivity (Wildman–Crippen MR) is 117 cm³/mol. The van der Waals surface area contributed by atoms with Crippen molar-refractivity contribution in [2.45, 2.75) is 43.9 Å². The van der Waals surface area contributed by atoms with Crippen molar-refractivity contribution < 1.29 is 0 Å². The third-order valence-electron chi connectivity index (χ3n) is 7.32. The molecule has 0 aliphatic heterocycles. The maximum atomic E-state index is 9.81. The van der Waals surface area contributed by atoms with Crippen molar-refractivity contribution >= 4 is 23.0 Å². The SMILES string of the molecule is N#CC(=Cc1ccc(-n2cncn2)cc1)c1nc(C23CC4CC(CC(C4)C2)C3)cs1. The van der Waals surface area contributed by atoms with E-state index in [2.05, 4.69) is 21.5 Å². The monoisotopic (exact) mass is 413 g/mol. The molecular formula is C24H23N5S. The first-order valence-corrected chi connectivity index (χ1v) is 11.6. The maximum Gasteiger partial charge on any atom is 0.138 e. The van der Waals surface area contributed by atoms with Crippen LogP contribution in [-0.4, -0.2) is 19.7 Å². The average Bonchev–Trinajstić information content (AvgIpc) is 3.44. The fraction of sp³-hybridized carbons (Fsp3) is 0.417. The molecule has 0 N–H and O–H groups in total. The predicted octanol–water partition coefficient (Wildman–Crippen LogP) is 5.26. The zero-order valence-electron chi connectivity index (χ0n) is 16.7. The molecule has 6 heteroatoms. The lowest BCUT2D eigenvalue weighted by molar-refractivity contribution is -0.00694. The molecule has 4 saturated carbocycles. The number of benzene rings is 1. The van der Waals surface area contributed by atoms with Crippen molar-refractivity contribution in [1.82, 2.24) is 19.7 Å². The van der Waals surface area contributed by atoms with Crippen LogP contribution in [0.3, 0.4) is 0 Å². The van der Waals surface area contributed by atoms with Gasteiger partial charge in [0.2, 0.25) is 0 Å². The van der Waals surface area contributed by atoms with E-state index in [0.29, 0.717) is 5.57 Å². The van der Waals surface area contributed by atoms with Crippen LogP contribution in [0.2, 0.25) is 0 Å². The van der Waals surface area contributed by atoms with Gasteiger partial charge >= 0.3 is 0 Å². The molecule has 4 bridgehead atoms. The van der Waals surface area contributed by atoms with Crippen molar-refractivity contribution in [1.29, 1.82) is 5.26 Å². The van der Waals surface area contributed by atoms with Gasteiger partial charge in [-0.3, -0.25) is 0 Å². The van der Waals surface area contributed by atoms with Crippen LogP contribution in [0.4, 0.5) is 0 Å². The van der Waals surface area contributed by atoms with E-state index in [1.807, 2.05) is 30.3 Å². The molecule has 4 aliphatic rings. The molecule has 0 amide bonds. The number of hydrogen-bond donors (Lipinski definition) is 0. The van der Waals surface area contributed by atoms with Crippen molar-refractivity contribution in [3.05, 3.63) is 58.6 Å². The maximum absolute atomic E-state index is 9.81. The van der Waals surface area contributed by atoms with Crippen LogP contribution in [0.1, 0.15) is 54.8 Å². The van der Waals surface area contributed by atoms with Gasteiger partial charge in [0.15, 0.2) is 0 Å². The highest BCUT2D eigenvalue weighted by Gasteiger charge is 2.52. The highest BCUT2D eigenvalue weighted by Crippen LogP contribution is 2.60. The quantitative estimate of drug-likeness (QED) is 0.548. The summed E-state index contributed by atoms with van der Waals surface area (Å²) >= 11 is 1.63. The lowest BCUT2D eigenvalue weighted by Crippen LogP contribution is -2.48. The minimum absolute atomic E-state index is 0.281. The number of hydrogen-bond acceptors (Lipinski definition) is 5.